The van der Waals surface area contributed by atoms with Gasteiger partial charge in [0.15, 0.2) is 0 Å². The van der Waals surface area contributed by atoms with E-state index in [0.29, 0.717) is 24.6 Å². The summed E-state index contributed by atoms with van der Waals surface area (Å²) in [5.74, 6) is 0.345. The smallest absolute Gasteiger partial charge is 0.246 e. The third-order valence-electron chi connectivity index (χ3n) is 3.69. The predicted molar refractivity (Wildman–Crippen MR) is 87.6 cm³/mol. The zero-order valence-electron chi connectivity index (χ0n) is 13.3. The number of likely N-dealkylation sites (N-methyl/N-ethyl adjacent to an activating group) is 1. The van der Waals surface area contributed by atoms with E-state index in [1.165, 1.54) is 10.9 Å². The van der Waals surface area contributed by atoms with Crippen LogP contribution in [0, 0.1) is 0 Å². The van der Waals surface area contributed by atoms with Gasteiger partial charge >= 0.3 is 0 Å². The van der Waals surface area contributed by atoms with Gasteiger partial charge in [-0.3, -0.25) is 19.6 Å². The molecule has 0 bridgehead atoms. The van der Waals surface area contributed by atoms with Crippen molar-refractivity contribution in [2.24, 2.45) is 0 Å². The van der Waals surface area contributed by atoms with Gasteiger partial charge in [-0.05, 0) is 6.07 Å². The number of nitrogens with one attached hydrogen (secondary N) is 3. The maximum atomic E-state index is 12.6. The highest BCUT2D eigenvalue weighted by molar-refractivity contribution is 5.95. The topological polar surface area (TPSA) is 97.3 Å². The lowest BCUT2D eigenvalue weighted by Gasteiger charge is -2.16. The fourth-order valence-corrected chi connectivity index (χ4v) is 2.51. The van der Waals surface area contributed by atoms with Gasteiger partial charge in [0, 0.05) is 25.4 Å². The minimum absolute atomic E-state index is 0.102. The summed E-state index contributed by atoms with van der Waals surface area (Å²) in [5, 5.41) is 12.6. The van der Waals surface area contributed by atoms with E-state index >= 15 is 0 Å². The molecule has 1 unspecified atom stereocenters. The number of rotatable bonds is 4. The first-order chi connectivity index (χ1) is 11.7. The van der Waals surface area contributed by atoms with Gasteiger partial charge in [-0.15, -0.1) is 0 Å². The normalized spacial score (nSPS) is 16.5. The van der Waals surface area contributed by atoms with E-state index in [1.54, 1.807) is 13.2 Å². The molecule has 1 atom stereocenters. The van der Waals surface area contributed by atoms with Crippen molar-refractivity contribution in [1.29, 1.82) is 0 Å². The first kappa shape index (κ1) is 16.0. The summed E-state index contributed by atoms with van der Waals surface area (Å²) < 4.78 is 7.10. The Morgan fingerprint density at radius 1 is 1.42 bits per heavy atom. The molecule has 2 heterocycles. The van der Waals surface area contributed by atoms with Crippen molar-refractivity contribution in [2.75, 3.05) is 25.5 Å². The molecule has 2 aromatic rings. The number of fused-ring (bicyclic) bond motifs is 1. The lowest BCUT2D eigenvalue weighted by Crippen LogP contribution is -2.33. The highest BCUT2D eigenvalue weighted by Gasteiger charge is 2.25. The Labute approximate surface area is 139 Å². The number of hydrogen-bond donors (Lipinski definition) is 3. The largest absolute Gasteiger partial charge is 0.492 e. The Kier molecular flexibility index (Phi) is 4.76. The Hall–Kier alpha value is -2.87. The summed E-state index contributed by atoms with van der Waals surface area (Å²) >= 11 is 0. The van der Waals surface area contributed by atoms with Crippen LogP contribution < -0.4 is 20.7 Å². The summed E-state index contributed by atoms with van der Waals surface area (Å²) in [5.41, 5.74) is 1.33. The molecule has 0 aliphatic carbocycles. The Bertz CT molecular complexity index is 743. The first-order valence-electron chi connectivity index (χ1n) is 7.66. The highest BCUT2D eigenvalue weighted by atomic mass is 16.5. The van der Waals surface area contributed by atoms with Gasteiger partial charge in [0.25, 0.3) is 0 Å². The van der Waals surface area contributed by atoms with Gasteiger partial charge in [-0.2, -0.15) is 5.10 Å². The lowest BCUT2D eigenvalue weighted by atomic mass is 10.1. The molecule has 1 aromatic carbocycles. The van der Waals surface area contributed by atoms with E-state index in [0.717, 1.165) is 5.56 Å². The molecule has 8 heteroatoms. The van der Waals surface area contributed by atoms with Crippen LogP contribution >= 0.6 is 0 Å². The average Bonchev–Trinajstić information content (AvgIpc) is 2.90. The number of aromatic nitrogens is 2. The van der Waals surface area contributed by atoms with Crippen LogP contribution in [0.3, 0.4) is 0 Å². The van der Waals surface area contributed by atoms with Gasteiger partial charge in [0.05, 0.1) is 11.9 Å². The number of para-hydroxylation sites is 1. The molecule has 1 aliphatic heterocycles. The van der Waals surface area contributed by atoms with E-state index in [9.17, 15) is 9.59 Å². The fourth-order valence-electron chi connectivity index (χ4n) is 2.51. The number of nitrogens with zero attached hydrogens (tertiary/aromatic N) is 2. The molecule has 126 valence electrons. The van der Waals surface area contributed by atoms with E-state index in [2.05, 4.69) is 21.0 Å². The predicted octanol–water partition coefficient (Wildman–Crippen LogP) is 0.291. The fraction of sp³-hybridized carbons (Fsp3) is 0.312. The van der Waals surface area contributed by atoms with Crippen molar-refractivity contribution in [1.82, 2.24) is 20.4 Å². The van der Waals surface area contributed by atoms with Gasteiger partial charge in [0.1, 0.15) is 24.9 Å². The molecule has 3 N–H and O–H groups in total. The molecule has 0 radical (unpaired) electrons. The van der Waals surface area contributed by atoms with Crippen LogP contribution in [0.2, 0.25) is 0 Å². The molecule has 3 rings (SSSR count). The van der Waals surface area contributed by atoms with E-state index < -0.39 is 6.04 Å². The summed E-state index contributed by atoms with van der Waals surface area (Å²) in [4.78, 5) is 24.0. The maximum Gasteiger partial charge on any atom is 0.246 e. The standard InChI is InChI=1S/C16H19N5O3/c1-17-14(22)10-21-9-11(8-19-21)20-16(23)15-12-4-2-3-5-13(12)24-7-6-18-15/h2-5,8-9,15,18H,6-7,10H2,1H3,(H,17,22)(H,20,23). The molecule has 1 aromatic heterocycles. The number of hydrogen-bond acceptors (Lipinski definition) is 5. The molecule has 0 fully saturated rings. The van der Waals surface area contributed by atoms with Crippen molar-refractivity contribution in [3.8, 4) is 5.75 Å². The molecular weight excluding hydrogens is 310 g/mol. The number of amides is 2. The van der Waals surface area contributed by atoms with Crippen molar-refractivity contribution >= 4 is 17.5 Å². The molecular formula is C16H19N5O3. The molecule has 2 amide bonds. The Morgan fingerprint density at radius 3 is 3.08 bits per heavy atom. The van der Waals surface area contributed by atoms with E-state index in [1.807, 2.05) is 24.3 Å². The van der Waals surface area contributed by atoms with Gasteiger partial charge in [-0.25, -0.2) is 0 Å². The highest BCUT2D eigenvalue weighted by Crippen LogP contribution is 2.27. The van der Waals surface area contributed by atoms with Crippen molar-refractivity contribution in [3.05, 3.63) is 42.2 Å². The maximum absolute atomic E-state index is 12.6. The molecule has 24 heavy (non-hydrogen) atoms. The van der Waals surface area contributed by atoms with Crippen LogP contribution in [0.5, 0.6) is 5.75 Å². The van der Waals surface area contributed by atoms with Crippen LogP contribution in [-0.2, 0) is 16.1 Å². The number of carbonyl (C=O) groups is 2. The first-order valence-corrected chi connectivity index (χ1v) is 7.66. The van der Waals surface area contributed by atoms with Gasteiger partial charge < -0.3 is 15.4 Å². The second-order valence-corrected chi connectivity index (χ2v) is 5.36. The van der Waals surface area contributed by atoms with E-state index in [4.69, 9.17) is 4.74 Å². The van der Waals surface area contributed by atoms with Crippen molar-refractivity contribution in [3.63, 3.8) is 0 Å². The van der Waals surface area contributed by atoms with E-state index in [-0.39, 0.29) is 18.4 Å². The summed E-state index contributed by atoms with van der Waals surface area (Å²) in [6.07, 6.45) is 3.13. The number of carbonyl (C=O) groups excluding carboxylic acids is 2. The number of anilines is 1. The summed E-state index contributed by atoms with van der Waals surface area (Å²) in [6.45, 7) is 1.18. The minimum Gasteiger partial charge on any atom is -0.492 e. The monoisotopic (exact) mass is 329 g/mol. The number of ether oxygens (including phenoxy) is 1. The third kappa shape index (κ3) is 3.54. The third-order valence-corrected chi connectivity index (χ3v) is 3.69. The second kappa shape index (κ2) is 7.14. The van der Waals surface area contributed by atoms with Crippen LogP contribution in [0.4, 0.5) is 5.69 Å². The Balaban J connectivity index is 1.72. The average molecular weight is 329 g/mol. The summed E-state index contributed by atoms with van der Waals surface area (Å²) in [6, 6.07) is 6.96. The molecule has 8 nitrogen and oxygen atoms in total. The SMILES string of the molecule is CNC(=O)Cn1cc(NC(=O)C2NCCOc3ccccc32)cn1. The van der Waals surface area contributed by atoms with Crippen LogP contribution in [0.15, 0.2) is 36.7 Å². The molecule has 1 aliphatic rings. The lowest BCUT2D eigenvalue weighted by molar-refractivity contribution is -0.121. The van der Waals surface area contributed by atoms with Crippen LogP contribution in [0.25, 0.3) is 0 Å². The minimum atomic E-state index is -0.508. The number of benzene rings is 1. The molecule has 0 spiro atoms. The van der Waals surface area contributed by atoms with Crippen LogP contribution in [0.1, 0.15) is 11.6 Å². The quantitative estimate of drug-likeness (QED) is 0.749. The van der Waals surface area contributed by atoms with Gasteiger partial charge in [-0.1, -0.05) is 18.2 Å². The van der Waals surface area contributed by atoms with Crippen molar-refractivity contribution in [2.45, 2.75) is 12.6 Å². The second-order valence-electron chi connectivity index (χ2n) is 5.36. The Morgan fingerprint density at radius 2 is 2.25 bits per heavy atom. The zero-order valence-corrected chi connectivity index (χ0v) is 13.3. The zero-order chi connectivity index (χ0) is 16.9. The summed E-state index contributed by atoms with van der Waals surface area (Å²) in [7, 11) is 1.56. The van der Waals surface area contributed by atoms with Crippen molar-refractivity contribution < 1.29 is 14.3 Å². The van der Waals surface area contributed by atoms with Crippen LogP contribution in [-0.4, -0.2) is 41.8 Å². The van der Waals surface area contributed by atoms with Gasteiger partial charge in [0.2, 0.25) is 11.8 Å². The molecule has 0 saturated heterocycles. The molecule has 0 saturated carbocycles.